The molecule has 0 radical (unpaired) electrons. The van der Waals surface area contributed by atoms with Crippen LogP contribution in [0.2, 0.25) is 0 Å². The number of halogens is 3. The van der Waals surface area contributed by atoms with Gasteiger partial charge in [0.15, 0.2) is 0 Å². The van der Waals surface area contributed by atoms with Crippen molar-refractivity contribution in [2.24, 2.45) is 0 Å². The van der Waals surface area contributed by atoms with Gasteiger partial charge in [-0.3, -0.25) is 4.79 Å². The van der Waals surface area contributed by atoms with Crippen LogP contribution in [0.25, 0.3) is 5.69 Å². The Labute approximate surface area is 140 Å². The number of carbonyl (C=O) groups is 1. The van der Waals surface area contributed by atoms with E-state index in [1.54, 1.807) is 0 Å². The Morgan fingerprint density at radius 2 is 2.08 bits per heavy atom. The van der Waals surface area contributed by atoms with Crippen LogP contribution in [0.4, 0.5) is 13.2 Å². The summed E-state index contributed by atoms with van der Waals surface area (Å²) >= 11 is 0.992. The third kappa shape index (κ3) is 4.47. The van der Waals surface area contributed by atoms with Crippen LogP contribution in [0.5, 0.6) is 0 Å². The molecular formula is C14H16F3N5OS. The fourth-order valence-corrected chi connectivity index (χ4v) is 2.74. The summed E-state index contributed by atoms with van der Waals surface area (Å²) in [5.41, 5.74) is 2.78. The Kier molecular flexibility index (Phi) is 5.47. The highest BCUT2D eigenvalue weighted by Gasteiger charge is 2.29. The molecule has 1 aromatic carbocycles. The molecule has 0 aliphatic carbocycles. The molecule has 1 amide bonds. The number of nitrogens with one attached hydrogen (secondary N) is 1. The number of carbonyl (C=O) groups excluding carboxylic acids is 1. The molecule has 0 aliphatic rings. The Bertz CT molecular complexity index is 731. The summed E-state index contributed by atoms with van der Waals surface area (Å²) in [6, 6.07) is 5.63. The van der Waals surface area contributed by atoms with Crippen LogP contribution in [-0.2, 0) is 4.79 Å². The normalized spacial score (nSPS) is 12.9. The zero-order chi connectivity index (χ0) is 17.9. The number of nitrogens with zero attached hydrogens (tertiary/aromatic N) is 4. The van der Waals surface area contributed by atoms with Crippen molar-refractivity contribution in [2.45, 2.75) is 37.4 Å². The minimum Gasteiger partial charge on any atom is -0.346 e. The summed E-state index contributed by atoms with van der Waals surface area (Å²) in [6.07, 6.45) is -4.44. The number of rotatable bonds is 5. The summed E-state index contributed by atoms with van der Waals surface area (Å²) in [5.74, 6) is -0.729. The van der Waals surface area contributed by atoms with Crippen LogP contribution in [-0.4, -0.2) is 44.1 Å². The van der Waals surface area contributed by atoms with Gasteiger partial charge in [0.25, 0.3) is 0 Å². The molecule has 0 saturated heterocycles. The molecule has 0 spiro atoms. The molecule has 1 N–H and O–H groups in total. The van der Waals surface area contributed by atoms with Gasteiger partial charge in [-0.1, -0.05) is 23.9 Å². The van der Waals surface area contributed by atoms with Crippen molar-refractivity contribution < 1.29 is 18.0 Å². The van der Waals surface area contributed by atoms with Crippen molar-refractivity contribution in [3.05, 3.63) is 29.3 Å². The van der Waals surface area contributed by atoms with E-state index in [2.05, 4.69) is 15.5 Å². The predicted octanol–water partition coefficient (Wildman–Crippen LogP) is 2.44. The highest BCUT2D eigenvalue weighted by atomic mass is 32.2. The number of aromatic nitrogens is 4. The lowest BCUT2D eigenvalue weighted by atomic mass is 10.1. The first-order valence-corrected chi connectivity index (χ1v) is 7.93. The highest BCUT2D eigenvalue weighted by molar-refractivity contribution is 8.00. The molecule has 130 valence electrons. The van der Waals surface area contributed by atoms with E-state index in [1.165, 1.54) is 11.6 Å². The van der Waals surface area contributed by atoms with Gasteiger partial charge >= 0.3 is 6.18 Å². The molecule has 0 fully saturated rings. The van der Waals surface area contributed by atoms with Gasteiger partial charge in [0, 0.05) is 0 Å². The first-order valence-electron chi connectivity index (χ1n) is 7.05. The summed E-state index contributed by atoms with van der Waals surface area (Å²) in [7, 11) is 0. The molecule has 0 saturated carbocycles. The number of benzene rings is 1. The Balaban J connectivity index is 2.13. The molecule has 24 heavy (non-hydrogen) atoms. The molecule has 2 rings (SSSR count). The van der Waals surface area contributed by atoms with Crippen molar-refractivity contribution in [1.29, 1.82) is 0 Å². The molecule has 0 aliphatic heterocycles. The summed E-state index contributed by atoms with van der Waals surface area (Å²) in [5, 5.41) is 12.8. The van der Waals surface area contributed by atoms with Crippen molar-refractivity contribution >= 4 is 17.7 Å². The van der Waals surface area contributed by atoms with Crippen molar-refractivity contribution in [3.8, 4) is 5.69 Å². The fraction of sp³-hybridized carbons (Fsp3) is 0.429. The largest absolute Gasteiger partial charge is 0.405 e. The van der Waals surface area contributed by atoms with Gasteiger partial charge in [0.2, 0.25) is 11.1 Å². The van der Waals surface area contributed by atoms with E-state index in [1.807, 2.05) is 37.4 Å². The zero-order valence-corrected chi connectivity index (χ0v) is 14.1. The zero-order valence-electron chi connectivity index (χ0n) is 13.3. The fourth-order valence-electron chi connectivity index (χ4n) is 1.91. The summed E-state index contributed by atoms with van der Waals surface area (Å²) in [4.78, 5) is 11.8. The topological polar surface area (TPSA) is 72.7 Å². The van der Waals surface area contributed by atoms with E-state index in [0.717, 1.165) is 28.6 Å². The lowest BCUT2D eigenvalue weighted by Crippen LogP contribution is -2.38. The second kappa shape index (κ2) is 7.20. The summed E-state index contributed by atoms with van der Waals surface area (Å²) < 4.78 is 38.0. The van der Waals surface area contributed by atoms with Gasteiger partial charge in [-0.25, -0.2) is 0 Å². The maximum Gasteiger partial charge on any atom is 0.405 e. The van der Waals surface area contributed by atoms with Crippen molar-refractivity contribution in [2.75, 3.05) is 6.54 Å². The maximum absolute atomic E-state index is 12.2. The average Bonchev–Trinajstić information content (AvgIpc) is 2.94. The Morgan fingerprint density at radius 1 is 1.38 bits per heavy atom. The number of aryl methyl sites for hydroxylation is 1. The molecule has 1 atom stereocenters. The first-order chi connectivity index (χ1) is 11.2. The smallest absolute Gasteiger partial charge is 0.346 e. The Hall–Kier alpha value is -2.10. The minimum absolute atomic E-state index is 0.332. The summed E-state index contributed by atoms with van der Waals surface area (Å²) in [6.45, 7) is 4.00. The van der Waals surface area contributed by atoms with E-state index in [0.29, 0.717) is 5.16 Å². The van der Waals surface area contributed by atoms with Crippen LogP contribution in [0, 0.1) is 13.8 Å². The van der Waals surface area contributed by atoms with E-state index in [4.69, 9.17) is 0 Å². The van der Waals surface area contributed by atoms with Gasteiger partial charge in [0.1, 0.15) is 6.54 Å². The number of amides is 1. The average molecular weight is 359 g/mol. The highest BCUT2D eigenvalue weighted by Crippen LogP contribution is 2.25. The maximum atomic E-state index is 12.2. The number of thioether (sulfide) groups is 1. The van der Waals surface area contributed by atoms with E-state index >= 15 is 0 Å². The monoisotopic (exact) mass is 359 g/mol. The SMILES string of the molecule is Cc1cccc(-n2nnnc2SC(C)C(=O)NCC(F)(F)F)c1C. The van der Waals surface area contributed by atoms with Gasteiger partial charge in [-0.2, -0.15) is 17.9 Å². The molecule has 2 aromatic rings. The minimum atomic E-state index is -4.44. The lowest BCUT2D eigenvalue weighted by molar-refractivity contribution is -0.137. The Morgan fingerprint density at radius 3 is 2.75 bits per heavy atom. The lowest BCUT2D eigenvalue weighted by Gasteiger charge is -2.14. The van der Waals surface area contributed by atoms with Gasteiger partial charge in [-0.15, -0.1) is 5.10 Å². The van der Waals surface area contributed by atoms with Crippen LogP contribution >= 0.6 is 11.8 Å². The van der Waals surface area contributed by atoms with Gasteiger partial charge in [-0.05, 0) is 48.4 Å². The third-order valence-corrected chi connectivity index (χ3v) is 4.39. The van der Waals surface area contributed by atoms with E-state index in [9.17, 15) is 18.0 Å². The van der Waals surface area contributed by atoms with Gasteiger partial charge < -0.3 is 5.32 Å². The van der Waals surface area contributed by atoms with Crippen molar-refractivity contribution in [1.82, 2.24) is 25.5 Å². The molecule has 1 aromatic heterocycles. The predicted molar refractivity (Wildman–Crippen MR) is 83.0 cm³/mol. The van der Waals surface area contributed by atoms with E-state index < -0.39 is 23.9 Å². The van der Waals surface area contributed by atoms with Crippen LogP contribution in [0.1, 0.15) is 18.1 Å². The molecule has 1 heterocycles. The second-order valence-corrected chi connectivity index (χ2v) is 6.49. The number of alkyl halides is 3. The molecule has 6 nitrogen and oxygen atoms in total. The van der Waals surface area contributed by atoms with Crippen LogP contribution < -0.4 is 5.32 Å². The molecule has 10 heteroatoms. The molecule has 0 bridgehead atoms. The first kappa shape index (κ1) is 18.2. The molecule has 1 unspecified atom stereocenters. The second-order valence-electron chi connectivity index (χ2n) is 5.19. The quantitative estimate of drug-likeness (QED) is 0.830. The van der Waals surface area contributed by atoms with Gasteiger partial charge in [0.05, 0.1) is 10.9 Å². The standard InChI is InChI=1S/C14H16F3N5OS/c1-8-5-4-6-11(9(8)2)22-13(19-20-21-22)24-10(3)12(23)18-7-14(15,16)17/h4-6,10H,7H2,1-3H3,(H,18,23). The van der Waals surface area contributed by atoms with Crippen LogP contribution in [0.3, 0.4) is 0 Å². The number of hydrogen-bond acceptors (Lipinski definition) is 5. The van der Waals surface area contributed by atoms with E-state index in [-0.39, 0.29) is 0 Å². The molecular weight excluding hydrogens is 343 g/mol. The third-order valence-electron chi connectivity index (χ3n) is 3.36. The number of hydrogen-bond donors (Lipinski definition) is 1. The van der Waals surface area contributed by atoms with Crippen molar-refractivity contribution in [3.63, 3.8) is 0 Å². The number of tetrazole rings is 1. The van der Waals surface area contributed by atoms with Crippen LogP contribution in [0.15, 0.2) is 23.4 Å².